The third kappa shape index (κ3) is 3.46. The lowest BCUT2D eigenvalue weighted by Gasteiger charge is -2.28. The van der Waals surface area contributed by atoms with E-state index < -0.39 is 0 Å². The van der Waals surface area contributed by atoms with Crippen molar-refractivity contribution in [1.29, 1.82) is 0 Å². The zero-order valence-corrected chi connectivity index (χ0v) is 11.2. The molecule has 0 unspecified atom stereocenters. The highest BCUT2D eigenvalue weighted by Crippen LogP contribution is 2.44. The predicted octanol–water partition coefficient (Wildman–Crippen LogP) is 4.18. The minimum atomic E-state index is 0.536. The first kappa shape index (κ1) is 12.9. The van der Waals surface area contributed by atoms with Crippen molar-refractivity contribution >= 4 is 11.6 Å². The highest BCUT2D eigenvalue weighted by atomic mass is 35.5. The van der Waals surface area contributed by atoms with Gasteiger partial charge in [-0.3, -0.25) is 0 Å². The van der Waals surface area contributed by atoms with E-state index in [0.29, 0.717) is 5.41 Å². The highest BCUT2D eigenvalue weighted by molar-refractivity contribution is 6.30. The van der Waals surface area contributed by atoms with Gasteiger partial charge in [-0.05, 0) is 61.8 Å². The molecule has 1 aromatic rings. The fourth-order valence-electron chi connectivity index (χ4n) is 3.12. The van der Waals surface area contributed by atoms with E-state index in [4.69, 9.17) is 17.3 Å². The van der Waals surface area contributed by atoms with Gasteiger partial charge in [0.1, 0.15) is 0 Å². The van der Waals surface area contributed by atoms with Crippen LogP contribution in [0.4, 0.5) is 0 Å². The maximum Gasteiger partial charge on any atom is 0.0406 e. The lowest BCUT2D eigenvalue weighted by atomic mass is 9.78. The second-order valence-corrected chi connectivity index (χ2v) is 5.81. The van der Waals surface area contributed by atoms with Gasteiger partial charge in [0.2, 0.25) is 0 Å². The monoisotopic (exact) mass is 251 g/mol. The zero-order chi connectivity index (χ0) is 12.1. The van der Waals surface area contributed by atoms with Gasteiger partial charge in [0.15, 0.2) is 0 Å². The minimum absolute atomic E-state index is 0.536. The fraction of sp³-hybridized carbons (Fsp3) is 0.600. The Morgan fingerprint density at radius 1 is 1.06 bits per heavy atom. The summed E-state index contributed by atoms with van der Waals surface area (Å²) in [7, 11) is 0. The molecular weight excluding hydrogens is 230 g/mol. The van der Waals surface area contributed by atoms with Crippen LogP contribution in [-0.4, -0.2) is 6.54 Å². The van der Waals surface area contributed by atoms with Crippen LogP contribution >= 0.6 is 11.6 Å². The lowest BCUT2D eigenvalue weighted by molar-refractivity contribution is 0.253. The Labute approximate surface area is 109 Å². The second kappa shape index (κ2) is 5.88. The molecule has 0 saturated heterocycles. The number of benzene rings is 1. The average Bonchev–Trinajstić information content (AvgIpc) is 2.78. The third-order valence-corrected chi connectivity index (χ3v) is 4.45. The molecule has 2 heteroatoms. The quantitative estimate of drug-likeness (QED) is 0.835. The number of hydrogen-bond donors (Lipinski definition) is 1. The summed E-state index contributed by atoms with van der Waals surface area (Å²) in [6.45, 7) is 0.834. The third-order valence-electron chi connectivity index (χ3n) is 4.20. The van der Waals surface area contributed by atoms with Crippen molar-refractivity contribution in [2.24, 2.45) is 11.1 Å². The average molecular weight is 252 g/mol. The molecule has 0 spiro atoms. The summed E-state index contributed by atoms with van der Waals surface area (Å²) in [4.78, 5) is 0. The van der Waals surface area contributed by atoms with E-state index in [2.05, 4.69) is 12.1 Å². The Morgan fingerprint density at radius 3 is 2.29 bits per heavy atom. The zero-order valence-electron chi connectivity index (χ0n) is 10.4. The SMILES string of the molecule is NCCC1(CCc2ccc(Cl)cc2)CCCC1. The molecule has 1 aliphatic carbocycles. The Balaban J connectivity index is 1.93. The van der Waals surface area contributed by atoms with Crippen molar-refractivity contribution < 1.29 is 0 Å². The second-order valence-electron chi connectivity index (χ2n) is 5.37. The van der Waals surface area contributed by atoms with Crippen molar-refractivity contribution in [1.82, 2.24) is 0 Å². The molecule has 1 nitrogen and oxygen atoms in total. The van der Waals surface area contributed by atoms with Crippen molar-refractivity contribution in [3.63, 3.8) is 0 Å². The summed E-state index contributed by atoms with van der Waals surface area (Å²) in [5.41, 5.74) is 7.70. The topological polar surface area (TPSA) is 26.0 Å². The van der Waals surface area contributed by atoms with Gasteiger partial charge in [-0.15, -0.1) is 0 Å². The summed E-state index contributed by atoms with van der Waals surface area (Å²) in [6, 6.07) is 8.27. The molecule has 0 radical (unpaired) electrons. The molecule has 0 aromatic heterocycles. The number of hydrogen-bond acceptors (Lipinski definition) is 1. The van der Waals surface area contributed by atoms with Crippen LogP contribution in [0.15, 0.2) is 24.3 Å². The standard InChI is InChI=1S/C15H22ClN/c16-14-5-3-13(4-6-14)7-10-15(11-12-17)8-1-2-9-15/h3-6H,1-2,7-12,17H2. The van der Waals surface area contributed by atoms with Gasteiger partial charge in [0.05, 0.1) is 0 Å². The summed E-state index contributed by atoms with van der Waals surface area (Å²) in [5, 5.41) is 0.825. The Bertz CT molecular complexity index is 338. The van der Waals surface area contributed by atoms with Crippen LogP contribution < -0.4 is 5.73 Å². The molecule has 0 aliphatic heterocycles. The van der Waals surface area contributed by atoms with E-state index in [1.54, 1.807) is 0 Å². The van der Waals surface area contributed by atoms with Crippen LogP contribution in [0.2, 0.25) is 5.02 Å². The van der Waals surface area contributed by atoms with E-state index in [1.807, 2.05) is 12.1 Å². The smallest absolute Gasteiger partial charge is 0.0406 e. The highest BCUT2D eigenvalue weighted by Gasteiger charge is 2.32. The van der Waals surface area contributed by atoms with E-state index >= 15 is 0 Å². The predicted molar refractivity (Wildman–Crippen MR) is 74.3 cm³/mol. The van der Waals surface area contributed by atoms with Crippen LogP contribution in [0.25, 0.3) is 0 Å². The maximum absolute atomic E-state index is 5.90. The first-order valence-electron chi connectivity index (χ1n) is 6.69. The molecule has 1 aromatic carbocycles. The van der Waals surface area contributed by atoms with Crippen LogP contribution in [0.1, 0.15) is 44.1 Å². The van der Waals surface area contributed by atoms with Gasteiger partial charge in [-0.1, -0.05) is 36.6 Å². The van der Waals surface area contributed by atoms with E-state index in [1.165, 1.54) is 44.1 Å². The molecule has 0 heterocycles. The molecule has 2 N–H and O–H groups in total. The Hall–Kier alpha value is -0.530. The molecule has 1 aliphatic rings. The van der Waals surface area contributed by atoms with Gasteiger partial charge >= 0.3 is 0 Å². The summed E-state index contributed by atoms with van der Waals surface area (Å²) in [5.74, 6) is 0. The van der Waals surface area contributed by atoms with Crippen LogP contribution in [-0.2, 0) is 6.42 Å². The molecule has 1 fully saturated rings. The number of rotatable bonds is 5. The largest absolute Gasteiger partial charge is 0.330 e. The van der Waals surface area contributed by atoms with Gasteiger partial charge in [0.25, 0.3) is 0 Å². The number of nitrogens with two attached hydrogens (primary N) is 1. The molecule has 2 rings (SSSR count). The van der Waals surface area contributed by atoms with Crippen molar-refractivity contribution in [3.05, 3.63) is 34.9 Å². The first-order chi connectivity index (χ1) is 8.24. The molecule has 94 valence electrons. The molecule has 17 heavy (non-hydrogen) atoms. The van der Waals surface area contributed by atoms with E-state index in [-0.39, 0.29) is 0 Å². The van der Waals surface area contributed by atoms with Crippen molar-refractivity contribution in [2.75, 3.05) is 6.54 Å². The molecular formula is C15H22ClN. The number of halogens is 1. The van der Waals surface area contributed by atoms with Gasteiger partial charge < -0.3 is 5.73 Å². The summed E-state index contributed by atoms with van der Waals surface area (Å²) in [6.07, 6.45) is 9.17. The maximum atomic E-state index is 5.90. The lowest BCUT2D eigenvalue weighted by Crippen LogP contribution is -2.21. The van der Waals surface area contributed by atoms with E-state index in [9.17, 15) is 0 Å². The molecule has 0 bridgehead atoms. The fourth-order valence-corrected chi connectivity index (χ4v) is 3.24. The van der Waals surface area contributed by atoms with Crippen LogP contribution in [0, 0.1) is 5.41 Å². The van der Waals surface area contributed by atoms with Crippen LogP contribution in [0.5, 0.6) is 0 Å². The van der Waals surface area contributed by atoms with Gasteiger partial charge in [-0.25, -0.2) is 0 Å². The molecule has 1 saturated carbocycles. The Kier molecular flexibility index (Phi) is 4.47. The van der Waals surface area contributed by atoms with Gasteiger partial charge in [0, 0.05) is 5.02 Å². The van der Waals surface area contributed by atoms with Crippen molar-refractivity contribution in [2.45, 2.75) is 44.9 Å². The van der Waals surface area contributed by atoms with Gasteiger partial charge in [-0.2, -0.15) is 0 Å². The Morgan fingerprint density at radius 2 is 1.71 bits per heavy atom. The van der Waals surface area contributed by atoms with Crippen LogP contribution in [0.3, 0.4) is 0 Å². The van der Waals surface area contributed by atoms with E-state index in [0.717, 1.165) is 18.0 Å². The molecule has 0 atom stereocenters. The summed E-state index contributed by atoms with van der Waals surface area (Å²) < 4.78 is 0. The first-order valence-corrected chi connectivity index (χ1v) is 7.06. The normalized spacial score (nSPS) is 18.5. The van der Waals surface area contributed by atoms with Crippen molar-refractivity contribution in [3.8, 4) is 0 Å². The summed E-state index contributed by atoms with van der Waals surface area (Å²) >= 11 is 5.90. The minimum Gasteiger partial charge on any atom is -0.330 e. The number of aryl methyl sites for hydroxylation is 1. The molecule has 0 amide bonds.